The van der Waals surface area contributed by atoms with Crippen molar-refractivity contribution in [3.63, 3.8) is 0 Å². The Labute approximate surface area is 177 Å². The lowest BCUT2D eigenvalue weighted by atomic mass is 9.91. The molecule has 1 aliphatic rings. The lowest BCUT2D eigenvalue weighted by Crippen LogP contribution is -2.41. The van der Waals surface area contributed by atoms with E-state index < -0.39 is 0 Å². The molecule has 0 saturated heterocycles. The van der Waals surface area contributed by atoms with Gasteiger partial charge in [0.05, 0.1) is 12.0 Å². The highest BCUT2D eigenvalue weighted by Gasteiger charge is 2.36. The van der Waals surface area contributed by atoms with Gasteiger partial charge in [0.1, 0.15) is 6.54 Å². The average Bonchev–Trinajstić information content (AvgIpc) is 2.91. The van der Waals surface area contributed by atoms with Crippen LogP contribution in [0.1, 0.15) is 47.6 Å². The molecule has 4 heteroatoms. The van der Waals surface area contributed by atoms with E-state index in [0.29, 0.717) is 6.42 Å². The van der Waals surface area contributed by atoms with Crippen LogP contribution in [0.15, 0.2) is 78.9 Å². The van der Waals surface area contributed by atoms with E-state index in [1.54, 1.807) is 4.90 Å². The van der Waals surface area contributed by atoms with E-state index >= 15 is 0 Å². The minimum atomic E-state index is -0.328. The maximum Gasteiger partial charge on any atom is 0.244 e. The normalized spacial score (nSPS) is 16.9. The second kappa shape index (κ2) is 8.54. The van der Waals surface area contributed by atoms with Gasteiger partial charge in [-0.05, 0) is 30.5 Å². The first-order valence-electron chi connectivity index (χ1n) is 10.4. The van der Waals surface area contributed by atoms with Crippen molar-refractivity contribution in [2.24, 2.45) is 0 Å². The van der Waals surface area contributed by atoms with Gasteiger partial charge >= 0.3 is 0 Å². The fourth-order valence-electron chi connectivity index (χ4n) is 4.26. The van der Waals surface area contributed by atoms with Crippen LogP contribution < -0.4 is 5.32 Å². The summed E-state index contributed by atoms with van der Waals surface area (Å²) >= 11 is 0. The van der Waals surface area contributed by atoms with Crippen molar-refractivity contribution >= 4 is 17.5 Å². The number of benzene rings is 3. The number of rotatable bonds is 4. The number of nitrogens with one attached hydrogen (secondary N) is 1. The molecular formula is C26H26N2O2. The minimum absolute atomic E-state index is 0.0233. The maximum absolute atomic E-state index is 13.9. The molecule has 0 aliphatic carbocycles. The van der Waals surface area contributed by atoms with Gasteiger partial charge in [-0.25, -0.2) is 0 Å². The summed E-state index contributed by atoms with van der Waals surface area (Å²) in [6.45, 7) is 4.07. The van der Waals surface area contributed by atoms with E-state index in [1.165, 1.54) is 0 Å². The summed E-state index contributed by atoms with van der Waals surface area (Å²) in [5.74, 6) is -0.492. The summed E-state index contributed by atoms with van der Waals surface area (Å²) < 4.78 is 0. The fourth-order valence-corrected chi connectivity index (χ4v) is 4.26. The van der Waals surface area contributed by atoms with Crippen LogP contribution in [-0.2, 0) is 9.59 Å². The van der Waals surface area contributed by atoms with Crippen LogP contribution in [0.4, 0.5) is 5.69 Å². The standard InChI is InChI=1S/C26H26N2O2/c1-3-21(19-10-6-4-7-11-19)26(30)28-17-24(29)27-23-15-14-18(2)16-22(23)25(28)20-12-8-5-9-13-20/h4-16,21,25H,3,17H2,1-2H3,(H,27,29)/t21-,25-/m1/s1. The van der Waals surface area contributed by atoms with Crippen molar-refractivity contribution in [3.8, 4) is 0 Å². The molecule has 2 atom stereocenters. The van der Waals surface area contributed by atoms with Gasteiger partial charge in [0.25, 0.3) is 0 Å². The Morgan fingerprint density at radius 2 is 1.70 bits per heavy atom. The molecule has 0 fully saturated rings. The van der Waals surface area contributed by atoms with Gasteiger partial charge in [-0.3, -0.25) is 9.59 Å². The molecule has 0 spiro atoms. The predicted molar refractivity (Wildman–Crippen MR) is 119 cm³/mol. The van der Waals surface area contributed by atoms with E-state index in [1.807, 2.05) is 86.6 Å². The van der Waals surface area contributed by atoms with Crippen LogP contribution in [0.5, 0.6) is 0 Å². The zero-order valence-corrected chi connectivity index (χ0v) is 17.3. The Morgan fingerprint density at radius 1 is 1.03 bits per heavy atom. The third-order valence-corrected chi connectivity index (χ3v) is 5.71. The Kier molecular flexibility index (Phi) is 5.66. The fraction of sp³-hybridized carbons (Fsp3) is 0.231. The highest BCUT2D eigenvalue weighted by Crippen LogP contribution is 2.38. The predicted octanol–water partition coefficient (Wildman–Crippen LogP) is 5.06. The Balaban J connectivity index is 1.85. The quantitative estimate of drug-likeness (QED) is 0.668. The number of aryl methyl sites for hydroxylation is 1. The van der Waals surface area contributed by atoms with E-state index in [4.69, 9.17) is 0 Å². The van der Waals surface area contributed by atoms with Crippen LogP contribution in [0.25, 0.3) is 0 Å². The smallest absolute Gasteiger partial charge is 0.244 e. The number of carbonyl (C=O) groups is 2. The van der Waals surface area contributed by atoms with Crippen LogP contribution in [0.3, 0.4) is 0 Å². The number of hydrogen-bond donors (Lipinski definition) is 1. The third kappa shape index (κ3) is 3.86. The summed E-state index contributed by atoms with van der Waals surface area (Å²) in [6.07, 6.45) is 0.670. The lowest BCUT2D eigenvalue weighted by Gasteiger charge is -2.33. The summed E-state index contributed by atoms with van der Waals surface area (Å²) in [5.41, 5.74) is 4.78. The number of amides is 2. The zero-order valence-electron chi connectivity index (χ0n) is 17.3. The van der Waals surface area contributed by atoms with Crippen molar-refractivity contribution in [2.75, 3.05) is 11.9 Å². The topological polar surface area (TPSA) is 49.4 Å². The molecule has 30 heavy (non-hydrogen) atoms. The van der Waals surface area contributed by atoms with Crippen molar-refractivity contribution in [2.45, 2.75) is 32.2 Å². The molecule has 0 unspecified atom stereocenters. The molecule has 1 aliphatic heterocycles. The van der Waals surface area contributed by atoms with Crippen molar-refractivity contribution in [1.82, 2.24) is 4.90 Å². The molecular weight excluding hydrogens is 372 g/mol. The molecule has 3 aromatic carbocycles. The Hall–Kier alpha value is -3.40. The van der Waals surface area contributed by atoms with Gasteiger partial charge in [-0.1, -0.05) is 85.3 Å². The van der Waals surface area contributed by atoms with Crippen molar-refractivity contribution in [1.29, 1.82) is 0 Å². The van der Waals surface area contributed by atoms with E-state index in [0.717, 1.165) is 27.9 Å². The molecule has 152 valence electrons. The highest BCUT2D eigenvalue weighted by molar-refractivity contribution is 5.98. The van der Waals surface area contributed by atoms with E-state index in [9.17, 15) is 9.59 Å². The van der Waals surface area contributed by atoms with Gasteiger partial charge in [-0.2, -0.15) is 0 Å². The lowest BCUT2D eigenvalue weighted by molar-refractivity contribution is -0.137. The number of fused-ring (bicyclic) bond motifs is 1. The zero-order chi connectivity index (χ0) is 21.1. The van der Waals surface area contributed by atoms with Gasteiger partial charge in [0.15, 0.2) is 0 Å². The van der Waals surface area contributed by atoms with E-state index in [-0.39, 0.29) is 30.3 Å². The first kappa shape index (κ1) is 19.9. The molecule has 0 saturated carbocycles. The minimum Gasteiger partial charge on any atom is -0.324 e. The van der Waals surface area contributed by atoms with E-state index in [2.05, 4.69) is 11.4 Å². The molecule has 0 radical (unpaired) electrons. The summed E-state index contributed by atoms with van der Waals surface area (Å²) in [7, 11) is 0. The monoisotopic (exact) mass is 398 g/mol. The van der Waals surface area contributed by atoms with Crippen molar-refractivity contribution < 1.29 is 9.59 Å². The molecule has 4 nitrogen and oxygen atoms in total. The molecule has 2 amide bonds. The number of carbonyl (C=O) groups excluding carboxylic acids is 2. The highest BCUT2D eigenvalue weighted by atomic mass is 16.2. The van der Waals surface area contributed by atoms with Crippen molar-refractivity contribution in [3.05, 3.63) is 101 Å². The number of hydrogen-bond acceptors (Lipinski definition) is 2. The Morgan fingerprint density at radius 3 is 2.37 bits per heavy atom. The molecule has 4 rings (SSSR count). The van der Waals surface area contributed by atoms with Gasteiger partial charge < -0.3 is 10.2 Å². The summed E-state index contributed by atoms with van der Waals surface area (Å²) in [6, 6.07) is 25.4. The van der Waals surface area contributed by atoms with Gasteiger partial charge in [-0.15, -0.1) is 0 Å². The Bertz CT molecular complexity index is 1050. The number of anilines is 1. The third-order valence-electron chi connectivity index (χ3n) is 5.71. The van der Waals surface area contributed by atoms with Crippen LogP contribution in [-0.4, -0.2) is 23.3 Å². The van der Waals surface area contributed by atoms with Crippen LogP contribution in [0, 0.1) is 6.92 Å². The second-order valence-corrected chi connectivity index (χ2v) is 7.79. The number of nitrogens with zero attached hydrogens (tertiary/aromatic N) is 1. The first-order valence-corrected chi connectivity index (χ1v) is 10.4. The van der Waals surface area contributed by atoms with Crippen LogP contribution in [0.2, 0.25) is 0 Å². The van der Waals surface area contributed by atoms with Gasteiger partial charge in [0.2, 0.25) is 11.8 Å². The summed E-state index contributed by atoms with van der Waals surface area (Å²) in [4.78, 5) is 28.4. The van der Waals surface area contributed by atoms with Crippen LogP contribution >= 0.6 is 0 Å². The molecule has 1 heterocycles. The molecule has 1 N–H and O–H groups in total. The largest absolute Gasteiger partial charge is 0.324 e. The average molecular weight is 399 g/mol. The second-order valence-electron chi connectivity index (χ2n) is 7.79. The van der Waals surface area contributed by atoms with Gasteiger partial charge in [0, 0.05) is 11.3 Å². The SMILES string of the molecule is CC[C@@H](C(=O)N1CC(=O)Nc2ccc(C)cc2[C@H]1c1ccccc1)c1ccccc1. The molecule has 3 aromatic rings. The molecule has 0 aromatic heterocycles. The summed E-state index contributed by atoms with van der Waals surface area (Å²) in [5, 5.41) is 3.00. The molecule has 0 bridgehead atoms. The first-order chi connectivity index (χ1) is 14.6. The maximum atomic E-state index is 13.9.